The largest absolute Gasteiger partial charge is 0.479 e. The number of methoxy groups -OCH3 is 1. The van der Waals surface area contributed by atoms with E-state index in [-0.39, 0.29) is 13.4 Å². The van der Waals surface area contributed by atoms with Crippen LogP contribution in [0.4, 0.5) is 0 Å². The molecule has 1 aliphatic rings. The zero-order valence-corrected chi connectivity index (χ0v) is 18.5. The van der Waals surface area contributed by atoms with E-state index < -0.39 is 36.5 Å². The lowest BCUT2D eigenvalue weighted by molar-refractivity contribution is -0.267. The van der Waals surface area contributed by atoms with Gasteiger partial charge in [0.1, 0.15) is 31.2 Å². The smallest absolute Gasteiger partial charge is 0.335 e. The second-order valence-electron chi connectivity index (χ2n) is 7.28. The molecule has 1 N–H and O–H groups in total. The molecule has 0 aromatic heterocycles. The third kappa shape index (κ3) is 9.27. The predicted octanol–water partition coefficient (Wildman–Crippen LogP) is 3.01. The lowest BCUT2D eigenvalue weighted by Gasteiger charge is -2.44. The van der Waals surface area contributed by atoms with E-state index in [9.17, 15) is 9.90 Å². The lowest BCUT2D eigenvalue weighted by atomic mass is 9.94. The minimum Gasteiger partial charge on any atom is -0.479 e. The number of aliphatic carboxylic acids is 1. The van der Waals surface area contributed by atoms with Gasteiger partial charge in [0.2, 0.25) is 0 Å². The third-order valence-corrected chi connectivity index (χ3v) is 4.79. The molecule has 1 fully saturated rings. The van der Waals surface area contributed by atoms with Crippen molar-refractivity contribution in [2.24, 2.45) is 0 Å². The Bertz CT molecular complexity index is 419. The Morgan fingerprint density at radius 2 is 1.38 bits per heavy atom. The molecule has 0 aliphatic carbocycles. The number of unbranched alkanes of at least 4 members (excludes halogenated alkanes) is 3. The highest BCUT2D eigenvalue weighted by molar-refractivity contribution is 5.73. The molecule has 0 amide bonds. The Morgan fingerprint density at radius 3 is 1.86 bits per heavy atom. The monoisotopic (exact) mass is 420 g/mol. The molecular formula is C21H40O8. The minimum absolute atomic E-state index is 0.0943. The molecule has 1 aliphatic heterocycles. The summed E-state index contributed by atoms with van der Waals surface area (Å²) in [5, 5.41) is 9.78. The Kier molecular flexibility index (Phi) is 14.5. The number of carbonyl (C=O) groups is 1. The van der Waals surface area contributed by atoms with Gasteiger partial charge in [-0.2, -0.15) is 0 Å². The molecule has 0 aromatic rings. The van der Waals surface area contributed by atoms with Crippen molar-refractivity contribution in [3.8, 4) is 0 Å². The quantitative estimate of drug-likeness (QED) is 0.284. The summed E-state index contributed by atoms with van der Waals surface area (Å²) >= 11 is 0. The maximum absolute atomic E-state index is 11.9. The standard InChI is InChI=1S/C21H40O8/c1-5-8-11-26-17-16(14-25-15-24-4)29-20(21(22)23)19(28-13-10-7-3)18(17)27-12-9-6-2/h16-20H,5-15H2,1-4H3,(H,22,23)/t16-,17-,18+,19-,20-/m0/s1. The number of carboxylic acid groups (broad SMARTS) is 1. The summed E-state index contributed by atoms with van der Waals surface area (Å²) in [5.74, 6) is -1.07. The molecule has 5 atom stereocenters. The van der Waals surface area contributed by atoms with Gasteiger partial charge in [-0.15, -0.1) is 0 Å². The fourth-order valence-corrected chi connectivity index (χ4v) is 3.16. The molecule has 0 aromatic carbocycles. The van der Waals surface area contributed by atoms with E-state index in [1.807, 2.05) is 0 Å². The molecule has 0 radical (unpaired) electrons. The van der Waals surface area contributed by atoms with Crippen molar-refractivity contribution < 1.29 is 38.3 Å². The number of hydrogen-bond donors (Lipinski definition) is 1. The molecule has 1 saturated heterocycles. The summed E-state index contributed by atoms with van der Waals surface area (Å²) in [6.45, 7) is 7.99. The zero-order chi connectivity index (χ0) is 21.5. The highest BCUT2D eigenvalue weighted by Crippen LogP contribution is 2.29. The van der Waals surface area contributed by atoms with E-state index in [1.165, 1.54) is 7.11 Å². The summed E-state index contributed by atoms with van der Waals surface area (Å²) in [6, 6.07) is 0. The van der Waals surface area contributed by atoms with Crippen LogP contribution >= 0.6 is 0 Å². The Hall–Kier alpha value is -0.770. The molecule has 29 heavy (non-hydrogen) atoms. The molecule has 1 heterocycles. The van der Waals surface area contributed by atoms with Crippen molar-refractivity contribution in [1.29, 1.82) is 0 Å². The Labute approximate surface area is 175 Å². The van der Waals surface area contributed by atoms with Gasteiger partial charge in [-0.1, -0.05) is 40.0 Å². The third-order valence-electron chi connectivity index (χ3n) is 4.79. The lowest BCUT2D eigenvalue weighted by Crippen LogP contribution is -2.63. The first-order valence-electron chi connectivity index (χ1n) is 10.9. The van der Waals surface area contributed by atoms with Crippen LogP contribution in [0.2, 0.25) is 0 Å². The van der Waals surface area contributed by atoms with E-state index in [4.69, 9.17) is 28.4 Å². The maximum atomic E-state index is 11.9. The summed E-state index contributed by atoms with van der Waals surface area (Å²) in [5.41, 5.74) is 0. The summed E-state index contributed by atoms with van der Waals surface area (Å²) in [7, 11) is 1.53. The van der Waals surface area contributed by atoms with Crippen LogP contribution in [0.25, 0.3) is 0 Å². The number of carboxylic acids is 1. The van der Waals surface area contributed by atoms with Crippen molar-refractivity contribution in [1.82, 2.24) is 0 Å². The van der Waals surface area contributed by atoms with E-state index in [2.05, 4.69) is 20.8 Å². The first-order valence-corrected chi connectivity index (χ1v) is 10.9. The molecular weight excluding hydrogens is 380 g/mol. The second kappa shape index (κ2) is 16.0. The summed E-state index contributed by atoms with van der Waals surface area (Å²) < 4.78 is 34.6. The van der Waals surface area contributed by atoms with E-state index >= 15 is 0 Å². The van der Waals surface area contributed by atoms with Crippen LogP contribution in [0.5, 0.6) is 0 Å². The Morgan fingerprint density at radius 1 is 0.862 bits per heavy atom. The van der Waals surface area contributed by atoms with Gasteiger partial charge in [0, 0.05) is 26.9 Å². The zero-order valence-electron chi connectivity index (χ0n) is 18.5. The molecule has 0 bridgehead atoms. The SMILES string of the molecule is CCCCO[C@@H]1[C@@H](OCCCC)[C@H](COCOC)O[C@H](C(=O)O)[C@H]1OCCCC. The second-order valence-corrected chi connectivity index (χ2v) is 7.28. The predicted molar refractivity (Wildman–Crippen MR) is 108 cm³/mol. The highest BCUT2D eigenvalue weighted by Gasteiger charge is 2.50. The van der Waals surface area contributed by atoms with Crippen LogP contribution < -0.4 is 0 Å². The molecule has 172 valence electrons. The van der Waals surface area contributed by atoms with Gasteiger partial charge in [0.25, 0.3) is 0 Å². The van der Waals surface area contributed by atoms with Gasteiger partial charge in [0.15, 0.2) is 6.10 Å². The Balaban J connectivity index is 3.05. The van der Waals surface area contributed by atoms with E-state index in [0.29, 0.717) is 19.8 Å². The fraction of sp³-hybridized carbons (Fsp3) is 0.952. The minimum atomic E-state index is -1.14. The van der Waals surface area contributed by atoms with E-state index in [1.54, 1.807) is 0 Å². The molecule has 1 rings (SSSR count). The van der Waals surface area contributed by atoms with E-state index in [0.717, 1.165) is 38.5 Å². The van der Waals surface area contributed by atoms with Gasteiger partial charge >= 0.3 is 5.97 Å². The highest BCUT2D eigenvalue weighted by atomic mass is 16.7. The van der Waals surface area contributed by atoms with Crippen LogP contribution in [0, 0.1) is 0 Å². The molecule has 0 saturated carbocycles. The van der Waals surface area contributed by atoms with Crippen LogP contribution in [0.15, 0.2) is 0 Å². The van der Waals surface area contributed by atoms with Crippen molar-refractivity contribution in [2.75, 3.05) is 40.3 Å². The maximum Gasteiger partial charge on any atom is 0.335 e. The average molecular weight is 421 g/mol. The van der Waals surface area contributed by atoms with Crippen molar-refractivity contribution in [3.05, 3.63) is 0 Å². The van der Waals surface area contributed by atoms with Crippen molar-refractivity contribution in [2.45, 2.75) is 89.8 Å². The molecule has 8 heteroatoms. The average Bonchev–Trinajstić information content (AvgIpc) is 2.70. The normalized spacial score (nSPS) is 27.2. The van der Waals surface area contributed by atoms with Crippen LogP contribution in [0.3, 0.4) is 0 Å². The molecule has 8 nitrogen and oxygen atoms in total. The summed E-state index contributed by atoms with van der Waals surface area (Å²) in [4.78, 5) is 11.9. The molecule has 0 spiro atoms. The fourth-order valence-electron chi connectivity index (χ4n) is 3.16. The van der Waals surface area contributed by atoms with Crippen molar-refractivity contribution in [3.63, 3.8) is 0 Å². The summed E-state index contributed by atoms with van der Waals surface area (Å²) in [6.07, 6.45) is 2.07. The van der Waals surface area contributed by atoms with Gasteiger partial charge in [0.05, 0.1) is 6.61 Å². The van der Waals surface area contributed by atoms with Gasteiger partial charge < -0.3 is 33.5 Å². The molecule has 0 unspecified atom stereocenters. The first kappa shape index (κ1) is 26.3. The van der Waals surface area contributed by atoms with Gasteiger partial charge in [-0.05, 0) is 19.3 Å². The van der Waals surface area contributed by atoms with Crippen LogP contribution in [-0.2, 0) is 33.2 Å². The number of hydrogen-bond acceptors (Lipinski definition) is 7. The van der Waals surface area contributed by atoms with Gasteiger partial charge in [-0.3, -0.25) is 0 Å². The topological polar surface area (TPSA) is 92.7 Å². The van der Waals surface area contributed by atoms with Crippen LogP contribution in [0.1, 0.15) is 59.3 Å². The number of ether oxygens (including phenoxy) is 6. The van der Waals surface area contributed by atoms with Gasteiger partial charge in [-0.25, -0.2) is 4.79 Å². The number of rotatable bonds is 17. The first-order chi connectivity index (χ1) is 14.1. The van der Waals surface area contributed by atoms with Crippen molar-refractivity contribution >= 4 is 5.97 Å². The van der Waals surface area contributed by atoms with Crippen LogP contribution in [-0.4, -0.2) is 81.9 Å².